The van der Waals surface area contributed by atoms with Gasteiger partial charge >= 0.3 is 0 Å². The minimum atomic E-state index is -0.379. The van der Waals surface area contributed by atoms with Crippen LogP contribution in [0.5, 0.6) is 11.5 Å². The number of nitrogens with zero attached hydrogens (tertiary/aromatic N) is 2. The van der Waals surface area contributed by atoms with Crippen LogP contribution in [-0.4, -0.2) is 16.8 Å². The van der Waals surface area contributed by atoms with E-state index in [-0.39, 0.29) is 10.6 Å². The summed E-state index contributed by atoms with van der Waals surface area (Å²) in [5, 5.41) is 7.04. The van der Waals surface area contributed by atoms with Crippen molar-refractivity contribution >= 4 is 17.3 Å². The minimum Gasteiger partial charge on any atom is -0.457 e. The van der Waals surface area contributed by atoms with E-state index in [2.05, 4.69) is 10.4 Å². The number of anilines is 1. The van der Waals surface area contributed by atoms with E-state index >= 15 is 0 Å². The third-order valence-electron chi connectivity index (χ3n) is 3.25. The smallest absolute Gasteiger partial charge is 0.292 e. The first-order valence-electron chi connectivity index (χ1n) is 6.98. The van der Waals surface area contributed by atoms with Gasteiger partial charge in [0, 0.05) is 7.05 Å². The van der Waals surface area contributed by atoms with Crippen LogP contribution in [0.4, 0.5) is 5.69 Å². The Bertz CT molecular complexity index is 861. The zero-order valence-electron chi connectivity index (χ0n) is 12.4. The average Bonchev–Trinajstić information content (AvgIpc) is 2.59. The maximum Gasteiger partial charge on any atom is 0.292 e. The summed E-state index contributed by atoms with van der Waals surface area (Å²) in [5.41, 5.74) is 0.729. The molecule has 0 aliphatic carbocycles. The zero-order valence-corrected chi connectivity index (χ0v) is 13.1. The van der Waals surface area contributed by atoms with Crippen LogP contribution in [-0.2, 0) is 0 Å². The molecule has 0 aliphatic rings. The predicted molar refractivity (Wildman–Crippen MR) is 90.9 cm³/mol. The summed E-state index contributed by atoms with van der Waals surface area (Å²) in [6.07, 6.45) is 1.51. The van der Waals surface area contributed by atoms with Crippen molar-refractivity contribution in [3.8, 4) is 17.2 Å². The lowest BCUT2D eigenvalue weighted by atomic mass is 10.3. The molecule has 1 aromatic heterocycles. The molecular weight excluding hydrogens is 314 g/mol. The fraction of sp³-hybridized carbons (Fsp3) is 0.0588. The van der Waals surface area contributed by atoms with Gasteiger partial charge in [0.25, 0.3) is 5.56 Å². The largest absolute Gasteiger partial charge is 0.457 e. The first-order valence-corrected chi connectivity index (χ1v) is 7.36. The molecule has 3 rings (SSSR count). The van der Waals surface area contributed by atoms with Crippen molar-refractivity contribution in [1.29, 1.82) is 0 Å². The van der Waals surface area contributed by atoms with Gasteiger partial charge in [-0.15, -0.1) is 0 Å². The quantitative estimate of drug-likeness (QED) is 0.793. The van der Waals surface area contributed by atoms with Crippen molar-refractivity contribution in [3.63, 3.8) is 0 Å². The molecule has 0 saturated heterocycles. The van der Waals surface area contributed by atoms with Crippen LogP contribution < -0.4 is 15.6 Å². The normalized spacial score (nSPS) is 10.3. The van der Waals surface area contributed by atoms with E-state index in [1.54, 1.807) is 31.3 Å². The molecule has 0 spiro atoms. The first-order chi connectivity index (χ1) is 11.2. The molecule has 0 radical (unpaired) electrons. The highest BCUT2D eigenvalue weighted by atomic mass is 35.5. The molecule has 0 aliphatic heterocycles. The van der Waals surface area contributed by atoms with Gasteiger partial charge in [-0.1, -0.05) is 29.8 Å². The van der Waals surface area contributed by atoms with E-state index in [0.717, 1.165) is 5.75 Å². The molecule has 1 heterocycles. The Hall–Kier alpha value is -2.79. The average molecular weight is 328 g/mol. The molecule has 23 heavy (non-hydrogen) atoms. The van der Waals surface area contributed by atoms with Crippen LogP contribution in [0.25, 0.3) is 5.69 Å². The van der Waals surface area contributed by atoms with E-state index < -0.39 is 0 Å². The summed E-state index contributed by atoms with van der Waals surface area (Å²) < 4.78 is 6.96. The zero-order chi connectivity index (χ0) is 16.2. The number of para-hydroxylation sites is 1. The highest BCUT2D eigenvalue weighted by Gasteiger charge is 2.09. The summed E-state index contributed by atoms with van der Waals surface area (Å²) in [6, 6.07) is 16.5. The second kappa shape index (κ2) is 6.54. The third kappa shape index (κ3) is 3.19. The highest BCUT2D eigenvalue weighted by Crippen LogP contribution is 2.22. The van der Waals surface area contributed by atoms with Crippen molar-refractivity contribution in [3.05, 3.63) is 76.2 Å². The number of benzene rings is 2. The van der Waals surface area contributed by atoms with E-state index in [9.17, 15) is 4.79 Å². The Morgan fingerprint density at radius 1 is 1.04 bits per heavy atom. The van der Waals surface area contributed by atoms with Crippen LogP contribution in [0.15, 0.2) is 65.6 Å². The second-order valence-corrected chi connectivity index (χ2v) is 5.13. The lowest BCUT2D eigenvalue weighted by Crippen LogP contribution is -2.22. The Balaban J connectivity index is 1.88. The van der Waals surface area contributed by atoms with Gasteiger partial charge in [0.2, 0.25) is 0 Å². The summed E-state index contributed by atoms with van der Waals surface area (Å²) in [4.78, 5) is 12.2. The van der Waals surface area contributed by atoms with Gasteiger partial charge in [-0.25, -0.2) is 0 Å². The number of aromatic nitrogens is 2. The standard InChI is InChI=1S/C17H14ClN3O2/c1-19-15-11-20-21(17(22)16(15)18)12-7-9-14(10-8-12)23-13-5-3-2-4-6-13/h2-11,19H,1H3. The van der Waals surface area contributed by atoms with Crippen molar-refractivity contribution in [2.45, 2.75) is 0 Å². The molecule has 0 unspecified atom stereocenters. The van der Waals surface area contributed by atoms with Crippen molar-refractivity contribution in [1.82, 2.24) is 9.78 Å². The van der Waals surface area contributed by atoms with Crippen LogP contribution in [0, 0.1) is 0 Å². The molecule has 1 N–H and O–H groups in total. The molecule has 116 valence electrons. The Labute approximate surface area is 138 Å². The summed E-state index contributed by atoms with van der Waals surface area (Å²) in [5.74, 6) is 1.42. The molecule has 0 amide bonds. The number of rotatable bonds is 4. The molecule has 0 bridgehead atoms. The van der Waals surface area contributed by atoms with E-state index in [4.69, 9.17) is 16.3 Å². The fourth-order valence-electron chi connectivity index (χ4n) is 2.07. The fourth-order valence-corrected chi connectivity index (χ4v) is 2.29. The summed E-state index contributed by atoms with van der Waals surface area (Å²) >= 11 is 6.03. The molecule has 6 heteroatoms. The lowest BCUT2D eigenvalue weighted by molar-refractivity contribution is 0.482. The number of hydrogen-bond acceptors (Lipinski definition) is 4. The van der Waals surface area contributed by atoms with Crippen molar-refractivity contribution in [2.24, 2.45) is 0 Å². The second-order valence-electron chi connectivity index (χ2n) is 4.75. The predicted octanol–water partition coefficient (Wildman–Crippen LogP) is 3.72. The van der Waals surface area contributed by atoms with Crippen LogP contribution >= 0.6 is 11.6 Å². The molecular formula is C17H14ClN3O2. The van der Waals surface area contributed by atoms with Gasteiger partial charge in [-0.2, -0.15) is 9.78 Å². The van der Waals surface area contributed by atoms with Crippen LogP contribution in [0.3, 0.4) is 0 Å². The topological polar surface area (TPSA) is 56.1 Å². The SMILES string of the molecule is CNc1cnn(-c2ccc(Oc3ccccc3)cc2)c(=O)c1Cl. The third-order valence-corrected chi connectivity index (χ3v) is 3.61. The molecule has 3 aromatic rings. The van der Waals surface area contributed by atoms with Gasteiger partial charge in [0.15, 0.2) is 0 Å². The Morgan fingerprint density at radius 2 is 1.70 bits per heavy atom. The first kappa shape index (κ1) is 15.1. The monoisotopic (exact) mass is 327 g/mol. The van der Waals surface area contributed by atoms with Crippen molar-refractivity contribution < 1.29 is 4.74 Å². The molecule has 2 aromatic carbocycles. The molecule has 5 nitrogen and oxygen atoms in total. The van der Waals surface area contributed by atoms with Gasteiger partial charge in [0.1, 0.15) is 16.5 Å². The summed E-state index contributed by atoms with van der Waals surface area (Å²) in [7, 11) is 1.68. The molecule has 0 saturated carbocycles. The van der Waals surface area contributed by atoms with Gasteiger partial charge < -0.3 is 10.1 Å². The number of hydrogen-bond donors (Lipinski definition) is 1. The molecule has 0 atom stereocenters. The lowest BCUT2D eigenvalue weighted by Gasteiger charge is -2.09. The number of nitrogens with one attached hydrogen (secondary N) is 1. The van der Waals surface area contributed by atoms with Crippen LogP contribution in [0.1, 0.15) is 0 Å². The minimum absolute atomic E-state index is 0.104. The highest BCUT2D eigenvalue weighted by molar-refractivity contribution is 6.32. The Kier molecular flexibility index (Phi) is 4.30. The maximum absolute atomic E-state index is 12.2. The summed E-state index contributed by atoms with van der Waals surface area (Å²) in [6.45, 7) is 0. The number of ether oxygens (including phenoxy) is 1. The van der Waals surface area contributed by atoms with Gasteiger partial charge in [-0.3, -0.25) is 4.79 Å². The number of halogens is 1. The van der Waals surface area contributed by atoms with E-state index in [1.165, 1.54) is 10.9 Å². The van der Waals surface area contributed by atoms with Gasteiger partial charge in [-0.05, 0) is 36.4 Å². The van der Waals surface area contributed by atoms with E-state index in [1.807, 2.05) is 30.3 Å². The van der Waals surface area contributed by atoms with Crippen molar-refractivity contribution in [2.75, 3.05) is 12.4 Å². The Morgan fingerprint density at radius 3 is 2.35 bits per heavy atom. The van der Waals surface area contributed by atoms with E-state index in [0.29, 0.717) is 17.1 Å². The molecule has 0 fully saturated rings. The van der Waals surface area contributed by atoms with Gasteiger partial charge in [0.05, 0.1) is 17.6 Å². The van der Waals surface area contributed by atoms with Crippen LogP contribution in [0.2, 0.25) is 5.02 Å². The maximum atomic E-state index is 12.2.